The molecule has 6 nitrogen and oxygen atoms in total. The largest absolute Gasteiger partial charge is 0.573 e. The Morgan fingerprint density at radius 2 is 1.59 bits per heavy atom. The smallest absolute Gasteiger partial charge is 0.453 e. The van der Waals surface area contributed by atoms with Crippen LogP contribution < -0.4 is 10.1 Å². The number of carbonyl (C=O) groups excluding carboxylic acids is 3. The van der Waals surface area contributed by atoms with Gasteiger partial charge in [0.2, 0.25) is 0 Å². The molecule has 0 fully saturated rings. The summed E-state index contributed by atoms with van der Waals surface area (Å²) in [5, 5.41) is 2.41. The highest BCUT2D eigenvalue weighted by Crippen LogP contribution is 2.24. The van der Waals surface area contributed by atoms with Crippen molar-refractivity contribution in [1.82, 2.24) is 0 Å². The maximum absolute atomic E-state index is 12.1. The van der Waals surface area contributed by atoms with Gasteiger partial charge in [0.05, 0.1) is 6.42 Å². The zero-order valence-corrected chi connectivity index (χ0v) is 15.4. The number of Topliss-reactive ketones (excluding diaryl/α,β-unsaturated/α-hetero) is 1. The van der Waals surface area contributed by atoms with Gasteiger partial charge in [0.25, 0.3) is 5.91 Å². The van der Waals surface area contributed by atoms with E-state index in [1.807, 2.05) is 0 Å². The number of anilines is 1. The van der Waals surface area contributed by atoms with Crippen LogP contribution >= 0.6 is 0 Å². The van der Waals surface area contributed by atoms with Crippen molar-refractivity contribution >= 4 is 23.3 Å². The molecule has 2 rings (SSSR count). The first-order valence-corrected chi connectivity index (χ1v) is 8.58. The number of rotatable bonds is 8. The van der Waals surface area contributed by atoms with Crippen molar-refractivity contribution in [3.63, 3.8) is 0 Å². The average molecular weight is 409 g/mol. The first-order valence-electron chi connectivity index (χ1n) is 8.58. The molecule has 1 amide bonds. The number of halogens is 3. The minimum atomic E-state index is -4.81. The fourth-order valence-electron chi connectivity index (χ4n) is 2.28. The Balaban J connectivity index is 1.79. The molecular formula is C20H18F3NO5. The van der Waals surface area contributed by atoms with E-state index in [0.29, 0.717) is 5.56 Å². The van der Waals surface area contributed by atoms with Crippen molar-refractivity contribution in [2.75, 3.05) is 5.32 Å². The second-order valence-corrected chi connectivity index (χ2v) is 5.98. The van der Waals surface area contributed by atoms with Crippen LogP contribution in [0.25, 0.3) is 0 Å². The van der Waals surface area contributed by atoms with E-state index in [0.717, 1.165) is 12.1 Å². The molecule has 29 heavy (non-hydrogen) atoms. The van der Waals surface area contributed by atoms with Gasteiger partial charge in [-0.25, -0.2) is 0 Å². The van der Waals surface area contributed by atoms with Crippen molar-refractivity contribution in [3.05, 3.63) is 60.2 Å². The molecule has 2 aromatic carbocycles. The minimum Gasteiger partial charge on any atom is -0.453 e. The molecule has 0 aromatic heterocycles. The van der Waals surface area contributed by atoms with Crippen LogP contribution in [-0.2, 0) is 14.3 Å². The molecule has 1 unspecified atom stereocenters. The standard InChI is InChI=1S/C20H18F3NO5/c1-13(28-18(26)12-11-17(25)14-5-3-2-4-6-14)19(27)24-15-7-9-16(10-8-15)29-20(21,22)23/h2-10,13H,11-12H2,1H3,(H,24,27). The highest BCUT2D eigenvalue weighted by atomic mass is 19.4. The van der Waals surface area contributed by atoms with Gasteiger partial charge in [-0.1, -0.05) is 30.3 Å². The second kappa shape index (κ2) is 9.72. The van der Waals surface area contributed by atoms with E-state index in [-0.39, 0.29) is 24.3 Å². The Bertz CT molecular complexity index is 851. The number of ether oxygens (including phenoxy) is 2. The predicted octanol–water partition coefficient (Wildman–Crippen LogP) is 4.12. The summed E-state index contributed by atoms with van der Waals surface area (Å²) in [5.41, 5.74) is 0.677. The Morgan fingerprint density at radius 3 is 2.17 bits per heavy atom. The Hall–Kier alpha value is -3.36. The number of alkyl halides is 3. The number of ketones is 1. The first-order chi connectivity index (χ1) is 13.6. The SMILES string of the molecule is CC(OC(=O)CCC(=O)c1ccccc1)C(=O)Nc1ccc(OC(F)(F)F)cc1. The lowest BCUT2D eigenvalue weighted by atomic mass is 10.1. The molecule has 0 saturated heterocycles. The Morgan fingerprint density at radius 1 is 0.966 bits per heavy atom. The normalized spacial score (nSPS) is 12.0. The van der Waals surface area contributed by atoms with E-state index in [1.165, 1.54) is 19.1 Å². The zero-order valence-electron chi connectivity index (χ0n) is 15.4. The quantitative estimate of drug-likeness (QED) is 0.524. The van der Waals surface area contributed by atoms with Crippen LogP contribution in [0.15, 0.2) is 54.6 Å². The van der Waals surface area contributed by atoms with Gasteiger partial charge in [-0.05, 0) is 31.2 Å². The van der Waals surface area contributed by atoms with Gasteiger partial charge >= 0.3 is 12.3 Å². The summed E-state index contributed by atoms with van der Waals surface area (Å²) in [4.78, 5) is 35.9. The zero-order chi connectivity index (χ0) is 21.4. The number of amides is 1. The van der Waals surface area contributed by atoms with E-state index in [4.69, 9.17) is 4.74 Å². The molecule has 0 spiro atoms. The van der Waals surface area contributed by atoms with Crippen molar-refractivity contribution in [2.24, 2.45) is 0 Å². The third-order valence-electron chi connectivity index (χ3n) is 3.68. The number of esters is 1. The second-order valence-electron chi connectivity index (χ2n) is 5.98. The molecule has 0 heterocycles. The minimum absolute atomic E-state index is 0.0577. The molecule has 9 heteroatoms. The summed E-state index contributed by atoms with van der Waals surface area (Å²) >= 11 is 0. The predicted molar refractivity (Wildman–Crippen MR) is 97.3 cm³/mol. The summed E-state index contributed by atoms with van der Waals surface area (Å²) in [6.45, 7) is 1.34. The highest BCUT2D eigenvalue weighted by Gasteiger charge is 2.31. The van der Waals surface area contributed by atoms with Crippen LogP contribution in [0.3, 0.4) is 0 Å². The molecule has 1 N–H and O–H groups in total. The number of hydrogen-bond donors (Lipinski definition) is 1. The molecule has 0 radical (unpaired) electrons. The van der Waals surface area contributed by atoms with Crippen molar-refractivity contribution in [1.29, 1.82) is 0 Å². The lowest BCUT2D eigenvalue weighted by Crippen LogP contribution is -2.30. The molecule has 2 aromatic rings. The molecule has 0 bridgehead atoms. The third-order valence-corrected chi connectivity index (χ3v) is 3.68. The monoisotopic (exact) mass is 409 g/mol. The fourth-order valence-corrected chi connectivity index (χ4v) is 2.28. The molecule has 0 aliphatic rings. The molecule has 0 saturated carbocycles. The summed E-state index contributed by atoms with van der Waals surface area (Å²) in [7, 11) is 0. The van der Waals surface area contributed by atoms with E-state index in [9.17, 15) is 27.6 Å². The summed E-state index contributed by atoms with van der Waals surface area (Å²) in [6.07, 6.45) is -6.21. The van der Waals surface area contributed by atoms with E-state index >= 15 is 0 Å². The number of benzene rings is 2. The van der Waals surface area contributed by atoms with Crippen molar-refractivity contribution in [2.45, 2.75) is 32.2 Å². The summed E-state index contributed by atoms with van der Waals surface area (Å²) in [6, 6.07) is 13.0. The van der Waals surface area contributed by atoms with Crippen molar-refractivity contribution < 1.29 is 37.0 Å². The van der Waals surface area contributed by atoms with Crippen LogP contribution in [0.1, 0.15) is 30.1 Å². The van der Waals surface area contributed by atoms with Crippen LogP contribution in [-0.4, -0.2) is 30.1 Å². The third kappa shape index (κ3) is 7.65. The van der Waals surface area contributed by atoms with Crippen LogP contribution in [0.4, 0.5) is 18.9 Å². The lowest BCUT2D eigenvalue weighted by molar-refractivity contribution is -0.274. The topological polar surface area (TPSA) is 81.7 Å². The Kier molecular flexibility index (Phi) is 7.35. The number of nitrogens with one attached hydrogen (secondary N) is 1. The maximum Gasteiger partial charge on any atom is 0.573 e. The molecular weight excluding hydrogens is 391 g/mol. The van der Waals surface area contributed by atoms with Crippen LogP contribution in [0.2, 0.25) is 0 Å². The molecule has 0 aliphatic heterocycles. The van der Waals surface area contributed by atoms with Gasteiger partial charge in [-0.15, -0.1) is 13.2 Å². The Labute approximate surface area is 164 Å². The number of hydrogen-bond acceptors (Lipinski definition) is 5. The first kappa shape index (κ1) is 21.9. The fraction of sp³-hybridized carbons (Fsp3) is 0.250. The van der Waals surface area contributed by atoms with Gasteiger partial charge in [0.1, 0.15) is 5.75 Å². The summed E-state index contributed by atoms with van der Waals surface area (Å²) < 4.78 is 45.1. The van der Waals surface area contributed by atoms with Gasteiger partial charge < -0.3 is 14.8 Å². The van der Waals surface area contributed by atoms with Gasteiger partial charge in [0, 0.05) is 17.7 Å². The molecule has 0 aliphatic carbocycles. The van der Waals surface area contributed by atoms with Gasteiger partial charge in [-0.3, -0.25) is 14.4 Å². The van der Waals surface area contributed by atoms with E-state index in [2.05, 4.69) is 10.1 Å². The average Bonchev–Trinajstić information content (AvgIpc) is 2.67. The van der Waals surface area contributed by atoms with E-state index < -0.39 is 30.1 Å². The maximum atomic E-state index is 12.1. The van der Waals surface area contributed by atoms with Crippen molar-refractivity contribution in [3.8, 4) is 5.75 Å². The van der Waals surface area contributed by atoms with Gasteiger partial charge in [-0.2, -0.15) is 0 Å². The van der Waals surface area contributed by atoms with Crippen LogP contribution in [0.5, 0.6) is 5.75 Å². The summed E-state index contributed by atoms with van der Waals surface area (Å²) in [5.74, 6) is -2.04. The van der Waals surface area contributed by atoms with E-state index in [1.54, 1.807) is 30.3 Å². The molecule has 154 valence electrons. The highest BCUT2D eigenvalue weighted by molar-refractivity contribution is 5.98. The number of carbonyl (C=O) groups is 3. The van der Waals surface area contributed by atoms with Gasteiger partial charge in [0.15, 0.2) is 11.9 Å². The lowest BCUT2D eigenvalue weighted by Gasteiger charge is -2.14. The molecule has 1 atom stereocenters. The van der Waals surface area contributed by atoms with Crippen LogP contribution in [0, 0.1) is 0 Å².